The summed E-state index contributed by atoms with van der Waals surface area (Å²) in [5, 5.41) is 3.58. The molecule has 0 spiro atoms. The number of aryl methyl sites for hydroxylation is 1. The molecule has 0 bridgehead atoms. The minimum Gasteiger partial charge on any atom is -0.305 e. The first-order chi connectivity index (χ1) is 27.8. The van der Waals surface area contributed by atoms with Crippen LogP contribution in [0.1, 0.15) is 62.7 Å². The Bertz CT molecular complexity index is 2750. The van der Waals surface area contributed by atoms with Crippen LogP contribution in [0.4, 0.5) is 0 Å². The molecule has 5 heteroatoms. The Kier molecular flexibility index (Phi) is 10.8. The molecule has 0 amide bonds. The van der Waals surface area contributed by atoms with E-state index in [1.807, 2.05) is 74.6 Å². The van der Waals surface area contributed by atoms with Gasteiger partial charge in [0.2, 0.25) is 0 Å². The van der Waals surface area contributed by atoms with E-state index in [4.69, 9.17) is 15.5 Å². The number of hydrogen-bond donors (Lipinski definition) is 0. The Balaban J connectivity index is 0.000000213. The molecule has 0 saturated heterocycles. The maximum atomic E-state index is 8.55. The molecule has 285 valence electrons. The maximum Gasteiger partial charge on any atom is 0.0799 e. The molecule has 2 nitrogen and oxygen atoms in total. The van der Waals surface area contributed by atoms with Crippen molar-refractivity contribution in [3.05, 3.63) is 163 Å². The largest absolute Gasteiger partial charge is 0.305 e. The minimum absolute atomic E-state index is 0. The molecule has 3 aromatic heterocycles. The van der Waals surface area contributed by atoms with E-state index in [9.17, 15) is 0 Å². The van der Waals surface area contributed by atoms with Crippen LogP contribution in [0.5, 0.6) is 0 Å². The summed E-state index contributed by atoms with van der Waals surface area (Å²) in [6, 6.07) is 47.3. The molecule has 0 N–H and O–H groups in total. The summed E-state index contributed by atoms with van der Waals surface area (Å²) in [5.74, 6) is -0.626. The van der Waals surface area contributed by atoms with Gasteiger partial charge in [-0.05, 0) is 73.1 Å². The third kappa shape index (κ3) is 8.88. The van der Waals surface area contributed by atoms with Crippen molar-refractivity contribution in [3.63, 3.8) is 0 Å². The van der Waals surface area contributed by atoms with E-state index >= 15 is 0 Å². The first-order valence-electron chi connectivity index (χ1n) is 20.8. The SMILES string of the molecule is [2H]C(C)(C)c1cc(-c2[c-]cc(C(C)(C)C)cc2)ncc1[Si](C)(C)C.[2H]C([2H])([2H])c1cc(-c2[c-]ccc3c2sc2cc(-c4ccccc4)ccc23)ncc1-c1ccccc1.[Ir]. The van der Waals surface area contributed by atoms with Gasteiger partial charge in [0.25, 0.3) is 0 Å². The van der Waals surface area contributed by atoms with Gasteiger partial charge in [-0.3, -0.25) is 0 Å². The predicted molar refractivity (Wildman–Crippen MR) is 241 cm³/mol. The zero-order chi connectivity index (χ0) is 42.3. The van der Waals surface area contributed by atoms with Crippen molar-refractivity contribution in [2.45, 2.75) is 72.4 Å². The van der Waals surface area contributed by atoms with E-state index in [0.717, 1.165) is 38.0 Å². The fourth-order valence-electron chi connectivity index (χ4n) is 6.85. The molecule has 3 heterocycles. The van der Waals surface area contributed by atoms with Gasteiger partial charge in [0.15, 0.2) is 0 Å². The standard InChI is InChI=1S/C30H20NS.C21H30NSi.Ir/c1-20-17-28(31-19-27(20)22-11-6-3-7-12-22)26-14-8-13-25-24-16-15-23(18-29(24)32-30(25)26)21-9-4-2-5-10-21;1-15(2)18-13-19(22-14-20(18)23(6,7)8)16-9-11-17(12-10-16)21(3,4)5;/h2-13,15-19H,1H3;9,11-15H,1-8H3;/q2*-1;/i1D3;15D;. The van der Waals surface area contributed by atoms with E-state index in [0.29, 0.717) is 16.8 Å². The quantitative estimate of drug-likeness (QED) is 0.123. The van der Waals surface area contributed by atoms with Crippen molar-refractivity contribution >= 4 is 44.8 Å². The van der Waals surface area contributed by atoms with Crippen molar-refractivity contribution in [2.75, 3.05) is 0 Å². The summed E-state index contributed by atoms with van der Waals surface area (Å²) in [5.41, 5.74) is 9.97. The fraction of sp³-hybridized carbons (Fsp3) is 0.216. The van der Waals surface area contributed by atoms with Gasteiger partial charge in [0, 0.05) is 48.2 Å². The monoisotopic (exact) mass is 947 g/mol. The normalized spacial score (nSPS) is 13.1. The molecule has 8 rings (SSSR count). The van der Waals surface area contributed by atoms with Gasteiger partial charge in [-0.1, -0.05) is 150 Å². The number of thiophene rings is 1. The molecule has 1 radical (unpaired) electrons. The summed E-state index contributed by atoms with van der Waals surface area (Å²) in [6.45, 7) is 15.2. The van der Waals surface area contributed by atoms with Crippen LogP contribution in [0, 0.1) is 19.0 Å². The zero-order valence-electron chi connectivity index (χ0n) is 37.3. The second-order valence-electron chi connectivity index (χ2n) is 16.4. The molecule has 0 aliphatic carbocycles. The first kappa shape index (κ1) is 35.9. The van der Waals surface area contributed by atoms with Gasteiger partial charge >= 0.3 is 0 Å². The van der Waals surface area contributed by atoms with Crippen molar-refractivity contribution in [3.8, 4) is 44.8 Å². The third-order valence-corrected chi connectivity index (χ3v) is 13.2. The van der Waals surface area contributed by atoms with E-state index in [-0.39, 0.29) is 25.5 Å². The van der Waals surface area contributed by atoms with Crippen molar-refractivity contribution < 1.29 is 25.6 Å². The van der Waals surface area contributed by atoms with Crippen LogP contribution in [0.3, 0.4) is 0 Å². The topological polar surface area (TPSA) is 25.8 Å². The average Bonchev–Trinajstić information content (AvgIpc) is 3.58. The van der Waals surface area contributed by atoms with E-state index in [1.54, 1.807) is 23.6 Å². The predicted octanol–water partition coefficient (Wildman–Crippen LogP) is 14.1. The summed E-state index contributed by atoms with van der Waals surface area (Å²) in [4.78, 5) is 9.41. The maximum absolute atomic E-state index is 8.55. The van der Waals surface area contributed by atoms with Gasteiger partial charge in [-0.2, -0.15) is 11.3 Å². The van der Waals surface area contributed by atoms with E-state index in [1.165, 1.54) is 32.0 Å². The van der Waals surface area contributed by atoms with Gasteiger partial charge in [0.1, 0.15) is 0 Å². The Morgan fingerprint density at radius 3 is 2.05 bits per heavy atom. The van der Waals surface area contributed by atoms with Gasteiger partial charge in [-0.25, -0.2) is 0 Å². The number of benzene rings is 5. The van der Waals surface area contributed by atoms with Gasteiger partial charge in [0.05, 0.1) is 8.07 Å². The second-order valence-corrected chi connectivity index (χ2v) is 22.5. The van der Waals surface area contributed by atoms with Crippen LogP contribution >= 0.6 is 11.3 Å². The molecule has 0 saturated carbocycles. The van der Waals surface area contributed by atoms with Crippen LogP contribution in [0.2, 0.25) is 19.6 Å². The summed E-state index contributed by atoms with van der Waals surface area (Å²) < 4.78 is 35.3. The molecule has 0 fully saturated rings. The van der Waals surface area contributed by atoms with E-state index < -0.39 is 20.8 Å². The summed E-state index contributed by atoms with van der Waals surface area (Å²) >= 11 is 1.69. The smallest absolute Gasteiger partial charge is 0.0799 e. The van der Waals surface area contributed by atoms with Crippen molar-refractivity contribution in [1.29, 1.82) is 0 Å². The zero-order valence-corrected chi connectivity index (χ0v) is 37.5. The van der Waals surface area contributed by atoms with Crippen LogP contribution < -0.4 is 5.19 Å². The molecular formula is C51H50IrN2SSi-2. The number of nitrogens with zero attached hydrogens (tertiary/aromatic N) is 2. The van der Waals surface area contributed by atoms with E-state index in [2.05, 4.69) is 113 Å². The second kappa shape index (κ2) is 16.9. The molecule has 0 atom stereocenters. The Morgan fingerprint density at radius 2 is 1.43 bits per heavy atom. The number of rotatable bonds is 6. The Morgan fingerprint density at radius 1 is 0.732 bits per heavy atom. The molecule has 5 aromatic carbocycles. The number of hydrogen-bond acceptors (Lipinski definition) is 3. The van der Waals surface area contributed by atoms with Gasteiger partial charge < -0.3 is 9.97 Å². The molecule has 56 heavy (non-hydrogen) atoms. The number of pyridine rings is 2. The third-order valence-electron chi connectivity index (χ3n) is 9.99. The molecule has 8 aromatic rings. The molecule has 0 aliphatic rings. The first-order valence-corrected chi connectivity index (χ1v) is 23.1. The summed E-state index contributed by atoms with van der Waals surface area (Å²) in [7, 11) is -1.54. The fourth-order valence-corrected chi connectivity index (χ4v) is 9.68. The van der Waals surface area contributed by atoms with Crippen molar-refractivity contribution in [2.24, 2.45) is 0 Å². The number of fused-ring (bicyclic) bond motifs is 3. The molecule has 0 unspecified atom stereocenters. The van der Waals surface area contributed by atoms with Crippen LogP contribution in [-0.4, -0.2) is 18.0 Å². The van der Waals surface area contributed by atoms with Crippen molar-refractivity contribution in [1.82, 2.24) is 9.97 Å². The van der Waals surface area contributed by atoms with Gasteiger partial charge in [-0.15, -0.1) is 59.2 Å². The molecule has 0 aliphatic heterocycles. The van der Waals surface area contributed by atoms with Crippen LogP contribution in [0.15, 0.2) is 134 Å². The average molecular weight is 947 g/mol. The van der Waals surface area contributed by atoms with Crippen LogP contribution in [-0.2, 0) is 25.5 Å². The minimum atomic E-state index is -2.26. The Labute approximate surface area is 358 Å². The number of aromatic nitrogens is 2. The molecular weight excluding hydrogens is 893 g/mol. The Hall–Kier alpha value is -4.51. The van der Waals surface area contributed by atoms with Crippen LogP contribution in [0.25, 0.3) is 64.9 Å². The summed E-state index contributed by atoms with van der Waals surface area (Å²) in [6.07, 6.45) is 3.68.